The molecule has 26 heavy (non-hydrogen) atoms. The molecule has 1 fully saturated rings. The van der Waals surface area contributed by atoms with Gasteiger partial charge in [-0.15, -0.1) is 0 Å². The third-order valence-corrected chi connectivity index (χ3v) is 6.46. The number of carbonyl (C=O) groups is 2. The molecule has 2 N–H and O–H groups in total. The third-order valence-electron chi connectivity index (χ3n) is 3.92. The van der Waals surface area contributed by atoms with Crippen molar-refractivity contribution in [1.82, 2.24) is 9.62 Å². The van der Waals surface area contributed by atoms with E-state index in [9.17, 15) is 23.1 Å². The van der Waals surface area contributed by atoms with Crippen LogP contribution in [0.15, 0.2) is 29.2 Å². The first-order valence-corrected chi connectivity index (χ1v) is 10.9. The first-order valence-electron chi connectivity index (χ1n) is 8.07. The summed E-state index contributed by atoms with van der Waals surface area (Å²) in [5, 5.41) is 11.7. The van der Waals surface area contributed by atoms with Crippen LogP contribution in [0.3, 0.4) is 0 Å². The number of thioether (sulfide) groups is 1. The number of carboxylic acids is 1. The SMILES string of the molecule is CSCC[C@H](NC(=O)c1cccc(S(=O)(=O)N2CCOCC2)c1)C(=O)O. The minimum absolute atomic E-state index is 0.00281. The average Bonchev–Trinajstić information content (AvgIpc) is 2.65. The van der Waals surface area contributed by atoms with Crippen molar-refractivity contribution in [3.63, 3.8) is 0 Å². The van der Waals surface area contributed by atoms with Gasteiger partial charge in [0, 0.05) is 18.7 Å². The highest BCUT2D eigenvalue weighted by Crippen LogP contribution is 2.18. The first-order chi connectivity index (χ1) is 12.4. The van der Waals surface area contributed by atoms with E-state index in [0.717, 1.165) is 0 Å². The third kappa shape index (κ3) is 5.19. The first kappa shape index (κ1) is 20.7. The molecule has 1 atom stereocenters. The molecule has 1 saturated heterocycles. The number of carboxylic acid groups (broad SMARTS) is 1. The second kappa shape index (κ2) is 9.36. The lowest BCUT2D eigenvalue weighted by Crippen LogP contribution is -2.41. The molecule has 1 aromatic carbocycles. The van der Waals surface area contributed by atoms with E-state index in [1.807, 2.05) is 6.26 Å². The summed E-state index contributed by atoms with van der Waals surface area (Å²) in [6.07, 6.45) is 2.13. The predicted molar refractivity (Wildman–Crippen MR) is 97.9 cm³/mol. The van der Waals surface area contributed by atoms with Crippen LogP contribution in [0, 0.1) is 0 Å². The van der Waals surface area contributed by atoms with E-state index in [-0.39, 0.29) is 30.0 Å². The fourth-order valence-corrected chi connectivity index (χ4v) is 4.39. The number of ether oxygens (including phenoxy) is 1. The van der Waals surface area contributed by atoms with Crippen molar-refractivity contribution in [2.24, 2.45) is 0 Å². The summed E-state index contributed by atoms with van der Waals surface area (Å²) < 4.78 is 31.8. The lowest BCUT2D eigenvalue weighted by atomic mass is 10.1. The molecule has 0 bridgehead atoms. The number of hydrogen-bond acceptors (Lipinski definition) is 6. The van der Waals surface area contributed by atoms with Gasteiger partial charge in [0.1, 0.15) is 6.04 Å². The number of hydrogen-bond donors (Lipinski definition) is 2. The molecule has 0 aromatic heterocycles. The van der Waals surface area contributed by atoms with Crippen molar-refractivity contribution in [2.75, 3.05) is 38.3 Å². The second-order valence-corrected chi connectivity index (χ2v) is 8.61. The van der Waals surface area contributed by atoms with Crippen LogP contribution in [0.25, 0.3) is 0 Å². The summed E-state index contributed by atoms with van der Waals surface area (Å²) in [7, 11) is -3.72. The summed E-state index contributed by atoms with van der Waals surface area (Å²) >= 11 is 1.48. The number of aliphatic carboxylic acids is 1. The van der Waals surface area contributed by atoms with Gasteiger partial charge in [0.15, 0.2) is 0 Å². The standard InChI is InChI=1S/C16H22N2O6S2/c1-25-10-5-14(16(20)21)17-15(19)12-3-2-4-13(11-12)26(22,23)18-6-8-24-9-7-18/h2-4,11,14H,5-10H2,1H3,(H,17,19)(H,20,21)/t14-/m0/s1. The number of carbonyl (C=O) groups excluding carboxylic acids is 1. The summed E-state index contributed by atoms with van der Waals surface area (Å²) in [5.41, 5.74) is 0.106. The lowest BCUT2D eigenvalue weighted by molar-refractivity contribution is -0.139. The zero-order valence-corrected chi connectivity index (χ0v) is 16.0. The molecule has 1 aliphatic heterocycles. The van der Waals surface area contributed by atoms with Crippen LogP contribution in [-0.4, -0.2) is 74.1 Å². The molecule has 1 aliphatic rings. The minimum atomic E-state index is -3.72. The van der Waals surface area contributed by atoms with Crippen molar-refractivity contribution < 1.29 is 27.9 Å². The smallest absolute Gasteiger partial charge is 0.326 e. The predicted octanol–water partition coefficient (Wildman–Crippen LogP) is 0.644. The van der Waals surface area contributed by atoms with Crippen LogP contribution in [0.1, 0.15) is 16.8 Å². The van der Waals surface area contributed by atoms with Crippen LogP contribution in [0.2, 0.25) is 0 Å². The van der Waals surface area contributed by atoms with E-state index in [4.69, 9.17) is 4.74 Å². The highest BCUT2D eigenvalue weighted by atomic mass is 32.2. The second-order valence-electron chi connectivity index (χ2n) is 5.69. The van der Waals surface area contributed by atoms with Crippen LogP contribution in [0.4, 0.5) is 0 Å². The summed E-state index contributed by atoms with van der Waals surface area (Å²) in [5.74, 6) is -1.15. The van der Waals surface area contributed by atoms with Crippen LogP contribution in [-0.2, 0) is 19.6 Å². The van der Waals surface area contributed by atoms with Crippen molar-refractivity contribution in [3.8, 4) is 0 Å². The molecule has 0 unspecified atom stereocenters. The number of sulfonamides is 1. The summed E-state index contributed by atoms with van der Waals surface area (Å²) in [4.78, 5) is 23.6. The Morgan fingerprint density at radius 1 is 1.35 bits per heavy atom. The van der Waals surface area contributed by atoms with Gasteiger partial charge in [-0.25, -0.2) is 13.2 Å². The molecule has 0 spiro atoms. The van der Waals surface area contributed by atoms with Gasteiger partial charge in [-0.1, -0.05) is 6.07 Å². The van der Waals surface area contributed by atoms with Crippen LogP contribution >= 0.6 is 11.8 Å². The molecule has 1 aromatic rings. The Morgan fingerprint density at radius 2 is 2.04 bits per heavy atom. The van der Waals surface area contributed by atoms with Crippen molar-refractivity contribution in [2.45, 2.75) is 17.4 Å². The molecule has 0 radical (unpaired) electrons. The average molecular weight is 402 g/mol. The molecule has 0 saturated carbocycles. The Hall–Kier alpha value is -1.62. The van der Waals surface area contributed by atoms with E-state index in [1.54, 1.807) is 0 Å². The van der Waals surface area contributed by atoms with Gasteiger partial charge in [-0.2, -0.15) is 16.1 Å². The van der Waals surface area contributed by atoms with Gasteiger partial charge in [-0.05, 0) is 36.6 Å². The number of amides is 1. The van der Waals surface area contributed by atoms with Crippen LogP contribution < -0.4 is 5.32 Å². The molecule has 1 amide bonds. The minimum Gasteiger partial charge on any atom is -0.480 e. The molecule has 2 rings (SSSR count). The van der Waals surface area contributed by atoms with E-state index in [1.165, 1.54) is 40.3 Å². The largest absolute Gasteiger partial charge is 0.480 e. The Labute approximate surface area is 156 Å². The molecule has 8 nitrogen and oxygen atoms in total. The van der Waals surface area contributed by atoms with E-state index < -0.39 is 27.9 Å². The number of nitrogens with zero attached hydrogens (tertiary/aromatic N) is 1. The number of rotatable bonds is 8. The number of nitrogens with one attached hydrogen (secondary N) is 1. The molecule has 0 aliphatic carbocycles. The van der Waals surface area contributed by atoms with Gasteiger partial charge in [0.25, 0.3) is 5.91 Å². The van der Waals surface area contributed by atoms with Gasteiger partial charge >= 0.3 is 5.97 Å². The van der Waals surface area contributed by atoms with E-state index in [0.29, 0.717) is 19.0 Å². The zero-order valence-electron chi connectivity index (χ0n) is 14.4. The van der Waals surface area contributed by atoms with E-state index >= 15 is 0 Å². The number of morpholine rings is 1. The molecular formula is C16H22N2O6S2. The highest BCUT2D eigenvalue weighted by Gasteiger charge is 2.27. The van der Waals surface area contributed by atoms with Crippen molar-refractivity contribution >= 4 is 33.7 Å². The fraction of sp³-hybridized carbons (Fsp3) is 0.500. The highest BCUT2D eigenvalue weighted by molar-refractivity contribution is 7.98. The lowest BCUT2D eigenvalue weighted by Gasteiger charge is -2.26. The molecule has 144 valence electrons. The van der Waals surface area contributed by atoms with E-state index in [2.05, 4.69) is 5.32 Å². The molecular weight excluding hydrogens is 380 g/mol. The maximum Gasteiger partial charge on any atom is 0.326 e. The zero-order chi connectivity index (χ0) is 19.2. The fourth-order valence-electron chi connectivity index (χ4n) is 2.47. The topological polar surface area (TPSA) is 113 Å². The van der Waals surface area contributed by atoms with Gasteiger partial charge < -0.3 is 15.2 Å². The normalized spacial score (nSPS) is 16.8. The van der Waals surface area contributed by atoms with Gasteiger partial charge in [-0.3, -0.25) is 4.79 Å². The maximum atomic E-state index is 12.7. The van der Waals surface area contributed by atoms with Crippen molar-refractivity contribution in [3.05, 3.63) is 29.8 Å². The Bertz CT molecular complexity index is 747. The molecule has 1 heterocycles. The Balaban J connectivity index is 2.17. The van der Waals surface area contributed by atoms with Gasteiger partial charge in [0.2, 0.25) is 10.0 Å². The monoisotopic (exact) mass is 402 g/mol. The Kier molecular flexibility index (Phi) is 7.44. The maximum absolute atomic E-state index is 12.7. The van der Waals surface area contributed by atoms with Gasteiger partial charge in [0.05, 0.1) is 18.1 Å². The van der Waals surface area contributed by atoms with Crippen LogP contribution in [0.5, 0.6) is 0 Å². The number of benzene rings is 1. The summed E-state index contributed by atoms with van der Waals surface area (Å²) in [6, 6.07) is 4.60. The molecule has 10 heteroatoms. The summed E-state index contributed by atoms with van der Waals surface area (Å²) in [6.45, 7) is 1.17. The van der Waals surface area contributed by atoms with Crippen molar-refractivity contribution in [1.29, 1.82) is 0 Å². The quantitative estimate of drug-likeness (QED) is 0.656. The Morgan fingerprint density at radius 3 is 2.65 bits per heavy atom.